The molecule has 2 nitrogen and oxygen atoms in total. The van der Waals surface area contributed by atoms with Crippen molar-refractivity contribution in [2.75, 3.05) is 6.61 Å². The van der Waals surface area contributed by atoms with Gasteiger partial charge in [-0.15, -0.1) is 0 Å². The third kappa shape index (κ3) is 2.40. The first-order chi connectivity index (χ1) is 8.59. The van der Waals surface area contributed by atoms with Crippen LogP contribution < -0.4 is 5.73 Å². The Labute approximate surface area is 106 Å². The number of hydrogen-bond acceptors (Lipinski definition) is 2. The van der Waals surface area contributed by atoms with E-state index >= 15 is 0 Å². The normalized spacial score (nSPS) is 20.0. The zero-order chi connectivity index (χ0) is 13.2. The minimum atomic E-state index is -0.615. The molecule has 1 fully saturated rings. The van der Waals surface area contributed by atoms with E-state index in [2.05, 4.69) is 0 Å². The zero-order valence-corrected chi connectivity index (χ0v) is 10.6. The number of benzene rings is 1. The maximum absolute atomic E-state index is 13.8. The number of nitrogens with two attached hydrogens (primary N) is 1. The molecule has 1 unspecified atom stereocenters. The smallest absolute Gasteiger partial charge is 0.128 e. The lowest BCUT2D eigenvalue weighted by Crippen LogP contribution is -2.42. The molecule has 4 heteroatoms. The van der Waals surface area contributed by atoms with Crippen molar-refractivity contribution in [2.24, 2.45) is 5.73 Å². The summed E-state index contributed by atoms with van der Waals surface area (Å²) in [5, 5.41) is 0. The average Bonchev–Trinajstić information content (AvgIpc) is 2.82. The van der Waals surface area contributed by atoms with Crippen LogP contribution in [-0.2, 0) is 4.74 Å². The molecule has 2 N–H and O–H groups in total. The lowest BCUT2D eigenvalue weighted by atomic mass is 9.87. The van der Waals surface area contributed by atoms with Crippen LogP contribution in [-0.4, -0.2) is 12.2 Å². The maximum atomic E-state index is 13.8. The maximum Gasteiger partial charge on any atom is 0.128 e. The molecule has 1 aromatic rings. The Bertz CT molecular complexity index is 416. The van der Waals surface area contributed by atoms with Gasteiger partial charge in [0.2, 0.25) is 0 Å². The number of hydrogen-bond donors (Lipinski definition) is 1. The van der Waals surface area contributed by atoms with E-state index in [4.69, 9.17) is 10.5 Å². The van der Waals surface area contributed by atoms with Crippen LogP contribution in [0.15, 0.2) is 18.2 Å². The summed E-state index contributed by atoms with van der Waals surface area (Å²) in [5.74, 6) is -0.929. The van der Waals surface area contributed by atoms with E-state index in [1.165, 1.54) is 6.07 Å². The van der Waals surface area contributed by atoms with E-state index in [-0.39, 0.29) is 5.56 Å². The highest BCUT2D eigenvalue weighted by atomic mass is 19.1. The Balaban J connectivity index is 2.33. The van der Waals surface area contributed by atoms with Gasteiger partial charge in [-0.25, -0.2) is 8.78 Å². The highest BCUT2D eigenvalue weighted by molar-refractivity contribution is 5.25. The van der Waals surface area contributed by atoms with E-state index < -0.39 is 23.3 Å². The van der Waals surface area contributed by atoms with Crippen LogP contribution in [0.4, 0.5) is 8.78 Å². The van der Waals surface area contributed by atoms with Crippen LogP contribution in [0.5, 0.6) is 0 Å². The van der Waals surface area contributed by atoms with E-state index in [1.54, 1.807) is 0 Å². The van der Waals surface area contributed by atoms with Gasteiger partial charge < -0.3 is 10.5 Å². The monoisotopic (exact) mass is 255 g/mol. The molecule has 1 aliphatic carbocycles. The third-order valence-electron chi connectivity index (χ3n) is 3.74. The molecule has 1 atom stereocenters. The molecule has 0 radical (unpaired) electrons. The molecule has 0 aromatic heterocycles. The van der Waals surface area contributed by atoms with Crippen molar-refractivity contribution >= 4 is 0 Å². The molecule has 0 heterocycles. The Morgan fingerprint density at radius 3 is 2.61 bits per heavy atom. The fourth-order valence-electron chi connectivity index (χ4n) is 2.84. The van der Waals surface area contributed by atoms with Crippen molar-refractivity contribution in [2.45, 2.75) is 44.2 Å². The SMILES string of the molecule is CCOC1(C(N)c2cc(F)ccc2F)CCCC1. The van der Waals surface area contributed by atoms with Gasteiger partial charge in [-0.2, -0.15) is 0 Å². The molecule has 1 aromatic carbocycles. The predicted molar refractivity (Wildman–Crippen MR) is 66.1 cm³/mol. The first-order valence-electron chi connectivity index (χ1n) is 6.43. The molecule has 0 bridgehead atoms. The summed E-state index contributed by atoms with van der Waals surface area (Å²) >= 11 is 0. The fraction of sp³-hybridized carbons (Fsp3) is 0.571. The van der Waals surface area contributed by atoms with Crippen molar-refractivity contribution in [1.29, 1.82) is 0 Å². The second-order valence-corrected chi connectivity index (χ2v) is 4.85. The topological polar surface area (TPSA) is 35.2 Å². The standard InChI is InChI=1S/C14H19F2NO/c1-2-18-14(7-3-4-8-14)13(17)11-9-10(15)5-6-12(11)16/h5-6,9,13H,2-4,7-8,17H2,1H3. The molecule has 0 amide bonds. The molecule has 1 aliphatic rings. The van der Waals surface area contributed by atoms with Crippen LogP contribution in [0.1, 0.15) is 44.2 Å². The number of rotatable bonds is 4. The Morgan fingerprint density at radius 2 is 2.00 bits per heavy atom. The fourth-order valence-corrected chi connectivity index (χ4v) is 2.84. The van der Waals surface area contributed by atoms with E-state index in [0.717, 1.165) is 37.8 Å². The lowest BCUT2D eigenvalue weighted by molar-refractivity contribution is -0.0543. The summed E-state index contributed by atoms with van der Waals surface area (Å²) in [6.07, 6.45) is 3.64. The molecule has 1 saturated carbocycles. The van der Waals surface area contributed by atoms with Gasteiger partial charge in [-0.3, -0.25) is 0 Å². The van der Waals surface area contributed by atoms with Crippen LogP contribution in [0, 0.1) is 11.6 Å². The largest absolute Gasteiger partial charge is 0.373 e. The van der Waals surface area contributed by atoms with Gasteiger partial charge in [-0.1, -0.05) is 12.8 Å². The van der Waals surface area contributed by atoms with E-state index in [0.29, 0.717) is 6.61 Å². The second-order valence-electron chi connectivity index (χ2n) is 4.85. The molecule has 0 aliphatic heterocycles. The van der Waals surface area contributed by atoms with Gasteiger partial charge in [0.15, 0.2) is 0 Å². The first-order valence-corrected chi connectivity index (χ1v) is 6.43. The van der Waals surface area contributed by atoms with Gasteiger partial charge in [0, 0.05) is 12.2 Å². The van der Waals surface area contributed by atoms with Crippen molar-refractivity contribution in [1.82, 2.24) is 0 Å². The summed E-state index contributed by atoms with van der Waals surface area (Å²) in [6.45, 7) is 2.43. The summed E-state index contributed by atoms with van der Waals surface area (Å²) in [5.41, 5.74) is 5.83. The van der Waals surface area contributed by atoms with Gasteiger partial charge in [-0.05, 0) is 38.0 Å². The highest BCUT2D eigenvalue weighted by Crippen LogP contribution is 2.42. The molecular formula is C14H19F2NO. The van der Waals surface area contributed by atoms with Crippen LogP contribution >= 0.6 is 0 Å². The summed E-state index contributed by atoms with van der Waals surface area (Å²) in [4.78, 5) is 0. The van der Waals surface area contributed by atoms with Gasteiger partial charge >= 0.3 is 0 Å². The van der Waals surface area contributed by atoms with E-state index in [1.807, 2.05) is 6.92 Å². The first kappa shape index (κ1) is 13.4. The predicted octanol–water partition coefficient (Wildman–Crippen LogP) is 3.31. The number of halogens is 2. The molecule has 2 rings (SSSR count). The van der Waals surface area contributed by atoms with Gasteiger partial charge in [0.25, 0.3) is 0 Å². The van der Waals surface area contributed by atoms with Crippen molar-refractivity contribution in [3.8, 4) is 0 Å². The average molecular weight is 255 g/mol. The summed E-state index contributed by atoms with van der Waals surface area (Å²) < 4.78 is 32.8. The molecular weight excluding hydrogens is 236 g/mol. The molecule has 0 spiro atoms. The lowest BCUT2D eigenvalue weighted by Gasteiger charge is -2.35. The Hall–Kier alpha value is -1.00. The minimum Gasteiger partial charge on any atom is -0.373 e. The summed E-state index contributed by atoms with van der Waals surface area (Å²) in [7, 11) is 0. The van der Waals surface area contributed by atoms with E-state index in [9.17, 15) is 8.78 Å². The van der Waals surface area contributed by atoms with Crippen LogP contribution in [0.2, 0.25) is 0 Å². The van der Waals surface area contributed by atoms with Gasteiger partial charge in [0.1, 0.15) is 11.6 Å². The molecule has 18 heavy (non-hydrogen) atoms. The number of ether oxygens (including phenoxy) is 1. The Kier molecular flexibility index (Phi) is 3.97. The second kappa shape index (κ2) is 5.33. The van der Waals surface area contributed by atoms with Crippen molar-refractivity contribution in [3.63, 3.8) is 0 Å². The van der Waals surface area contributed by atoms with Crippen molar-refractivity contribution < 1.29 is 13.5 Å². The highest BCUT2D eigenvalue weighted by Gasteiger charge is 2.42. The molecule has 0 saturated heterocycles. The van der Waals surface area contributed by atoms with Crippen molar-refractivity contribution in [3.05, 3.63) is 35.4 Å². The Morgan fingerprint density at radius 1 is 1.33 bits per heavy atom. The van der Waals surface area contributed by atoms with Gasteiger partial charge in [0.05, 0.1) is 11.6 Å². The third-order valence-corrected chi connectivity index (χ3v) is 3.74. The quantitative estimate of drug-likeness (QED) is 0.895. The minimum absolute atomic E-state index is 0.213. The summed E-state index contributed by atoms with van der Waals surface area (Å²) in [6, 6.07) is 2.79. The van der Waals surface area contributed by atoms with Crippen LogP contribution in [0.3, 0.4) is 0 Å². The zero-order valence-electron chi connectivity index (χ0n) is 10.6. The molecule has 100 valence electrons. The van der Waals surface area contributed by atoms with Crippen LogP contribution in [0.25, 0.3) is 0 Å².